The average molecular weight is 350 g/mol. The van der Waals surface area contributed by atoms with Gasteiger partial charge in [0.15, 0.2) is 0 Å². The van der Waals surface area contributed by atoms with Crippen molar-refractivity contribution in [1.29, 1.82) is 0 Å². The Balaban J connectivity index is 1.35. The third kappa shape index (κ3) is 1.09. The van der Waals surface area contributed by atoms with Gasteiger partial charge in [-0.05, 0) is 23.7 Å². The summed E-state index contributed by atoms with van der Waals surface area (Å²) in [7, 11) is 0. The minimum atomic E-state index is -0.222. The van der Waals surface area contributed by atoms with Crippen molar-refractivity contribution >= 4 is 47.2 Å². The Morgan fingerprint density at radius 3 is 1.73 bits per heavy atom. The van der Waals surface area contributed by atoms with Crippen molar-refractivity contribution < 1.29 is 14.3 Å². The van der Waals surface area contributed by atoms with E-state index in [2.05, 4.69) is 35.7 Å². The normalized spacial score (nSPS) is 67.8. The zero-order valence-electron chi connectivity index (χ0n) is 11.5. The number of carbonyl (C=O) groups excluding carboxylic acids is 2. The molecule has 6 heteroatoms. The Morgan fingerprint density at radius 2 is 1.18 bits per heavy atom. The van der Waals surface area contributed by atoms with Crippen LogP contribution in [-0.2, 0) is 14.3 Å². The standard InChI is InChI=1S/C16H14O3S3/c17-15-9-10(16(18)19-15)14-8-7(13(9)22-14)11-5-3-1-2-4(20-3)6(5)12(8)21-11/h1-14H. The van der Waals surface area contributed by atoms with Crippen LogP contribution in [0.4, 0.5) is 0 Å². The summed E-state index contributed by atoms with van der Waals surface area (Å²) >= 11 is 6.36. The molecule has 7 rings (SSSR count). The lowest BCUT2D eigenvalue weighted by Crippen LogP contribution is -2.52. The van der Waals surface area contributed by atoms with E-state index in [9.17, 15) is 9.59 Å². The lowest BCUT2D eigenvalue weighted by atomic mass is 9.57. The lowest BCUT2D eigenvalue weighted by molar-refractivity contribution is -0.153. The highest BCUT2D eigenvalue weighted by molar-refractivity contribution is 8.04. The van der Waals surface area contributed by atoms with Crippen LogP contribution in [0.5, 0.6) is 0 Å². The zero-order valence-corrected chi connectivity index (χ0v) is 14.0. The molecule has 22 heavy (non-hydrogen) atoms. The van der Waals surface area contributed by atoms with Crippen molar-refractivity contribution in [2.75, 3.05) is 0 Å². The molecule has 6 saturated heterocycles. The molecule has 0 amide bonds. The molecule has 6 bridgehead atoms. The number of fused-ring (bicyclic) bond motifs is 19. The Bertz CT molecular complexity index is 626. The molecule has 12 atom stereocenters. The Kier molecular flexibility index (Phi) is 2.03. The first-order valence-electron chi connectivity index (χ1n) is 8.14. The highest BCUT2D eigenvalue weighted by atomic mass is 32.2. The van der Waals surface area contributed by atoms with Crippen LogP contribution in [0.1, 0.15) is 0 Å². The molecule has 7 aliphatic rings. The molecule has 12 unspecified atom stereocenters. The molecule has 0 aliphatic carbocycles. The summed E-state index contributed by atoms with van der Waals surface area (Å²) in [5.41, 5.74) is 0. The van der Waals surface area contributed by atoms with E-state index in [0.29, 0.717) is 22.3 Å². The molecule has 7 heterocycles. The van der Waals surface area contributed by atoms with Crippen molar-refractivity contribution in [1.82, 2.24) is 0 Å². The minimum absolute atomic E-state index is 0.121. The monoisotopic (exact) mass is 350 g/mol. The van der Waals surface area contributed by atoms with Gasteiger partial charge < -0.3 is 4.74 Å². The molecule has 0 aromatic carbocycles. The van der Waals surface area contributed by atoms with Crippen molar-refractivity contribution in [2.24, 2.45) is 35.5 Å². The van der Waals surface area contributed by atoms with Gasteiger partial charge in [0.1, 0.15) is 0 Å². The van der Waals surface area contributed by atoms with Crippen LogP contribution < -0.4 is 0 Å². The van der Waals surface area contributed by atoms with Gasteiger partial charge in [0.25, 0.3) is 0 Å². The van der Waals surface area contributed by atoms with Crippen molar-refractivity contribution in [3.8, 4) is 0 Å². The van der Waals surface area contributed by atoms with Crippen molar-refractivity contribution in [3.05, 3.63) is 12.2 Å². The number of ether oxygens (including phenoxy) is 1. The number of esters is 2. The van der Waals surface area contributed by atoms with E-state index in [-0.39, 0.29) is 23.8 Å². The van der Waals surface area contributed by atoms with E-state index in [1.165, 1.54) is 0 Å². The fourth-order valence-electron chi connectivity index (χ4n) is 6.70. The summed E-state index contributed by atoms with van der Waals surface area (Å²) in [5, 5.41) is 3.59. The summed E-state index contributed by atoms with van der Waals surface area (Å²) in [6.45, 7) is 0. The molecule has 3 nitrogen and oxygen atoms in total. The first-order chi connectivity index (χ1) is 10.7. The molecule has 0 N–H and O–H groups in total. The maximum Gasteiger partial charge on any atom is 0.318 e. The largest absolute Gasteiger partial charge is 0.393 e. The van der Waals surface area contributed by atoms with Crippen LogP contribution in [0.3, 0.4) is 0 Å². The first-order valence-corrected chi connectivity index (χ1v) is 11.0. The number of hydrogen-bond donors (Lipinski definition) is 0. The van der Waals surface area contributed by atoms with Crippen molar-refractivity contribution in [3.63, 3.8) is 0 Å². The molecule has 0 radical (unpaired) electrons. The predicted molar refractivity (Wildman–Crippen MR) is 86.7 cm³/mol. The van der Waals surface area contributed by atoms with Crippen LogP contribution in [0.25, 0.3) is 0 Å². The zero-order chi connectivity index (χ0) is 14.3. The second-order valence-corrected chi connectivity index (χ2v) is 11.8. The summed E-state index contributed by atoms with van der Waals surface area (Å²) in [6, 6.07) is 0. The molecular weight excluding hydrogens is 336 g/mol. The summed E-state index contributed by atoms with van der Waals surface area (Å²) in [6.07, 6.45) is 4.87. The fourth-order valence-corrected chi connectivity index (χ4v) is 13.7. The number of thioether (sulfide) groups is 3. The summed E-state index contributed by atoms with van der Waals surface area (Å²) < 4.78 is 5.00. The highest BCUT2D eigenvalue weighted by Crippen LogP contribution is 2.76. The molecule has 0 aromatic rings. The summed E-state index contributed by atoms with van der Waals surface area (Å²) in [5.74, 6) is 2.26. The van der Waals surface area contributed by atoms with Gasteiger partial charge in [-0.25, -0.2) is 0 Å². The Morgan fingerprint density at radius 1 is 0.682 bits per heavy atom. The molecular formula is C16H14O3S3. The van der Waals surface area contributed by atoms with Gasteiger partial charge >= 0.3 is 11.9 Å². The van der Waals surface area contributed by atoms with Crippen LogP contribution in [0.15, 0.2) is 12.2 Å². The smallest absolute Gasteiger partial charge is 0.318 e. The quantitative estimate of drug-likeness (QED) is 0.377. The van der Waals surface area contributed by atoms with Gasteiger partial charge in [0.2, 0.25) is 0 Å². The average Bonchev–Trinajstić information content (AvgIpc) is 3.31. The second kappa shape index (κ2) is 3.62. The number of rotatable bonds is 0. The van der Waals surface area contributed by atoms with Crippen molar-refractivity contribution in [2.45, 2.75) is 31.5 Å². The minimum Gasteiger partial charge on any atom is -0.393 e. The topological polar surface area (TPSA) is 43.4 Å². The van der Waals surface area contributed by atoms with Crippen LogP contribution >= 0.6 is 35.3 Å². The lowest BCUT2D eigenvalue weighted by Gasteiger charge is -2.42. The predicted octanol–water partition coefficient (Wildman–Crippen LogP) is 1.82. The molecule has 7 aliphatic heterocycles. The van der Waals surface area contributed by atoms with E-state index in [4.69, 9.17) is 4.74 Å². The van der Waals surface area contributed by atoms with E-state index in [1.807, 2.05) is 11.8 Å². The van der Waals surface area contributed by atoms with Crippen LogP contribution in [0.2, 0.25) is 0 Å². The van der Waals surface area contributed by atoms with Gasteiger partial charge in [-0.15, -0.1) is 11.8 Å². The molecule has 114 valence electrons. The SMILES string of the molecule is O=C1OC(=O)C2C3SC(C12)C1C2SC(C4C5C=CC(S5)C24)C31. The maximum absolute atomic E-state index is 12.1. The first kappa shape index (κ1) is 12.3. The molecule has 6 fully saturated rings. The Labute approximate surface area is 140 Å². The second-order valence-electron chi connectivity index (χ2n) is 7.68. The molecule has 0 aromatic heterocycles. The molecule has 0 saturated carbocycles. The number of carbonyl (C=O) groups is 2. The van der Waals surface area contributed by atoms with Gasteiger partial charge in [-0.3, -0.25) is 9.59 Å². The van der Waals surface area contributed by atoms with Crippen LogP contribution in [-0.4, -0.2) is 43.4 Å². The fraction of sp³-hybridized carbons (Fsp3) is 0.750. The van der Waals surface area contributed by atoms with Gasteiger partial charge in [-0.2, -0.15) is 23.5 Å². The Hall–Kier alpha value is -0.0700. The maximum atomic E-state index is 12.1. The van der Waals surface area contributed by atoms with E-state index >= 15 is 0 Å². The number of hydrogen-bond acceptors (Lipinski definition) is 6. The summed E-state index contributed by atoms with van der Waals surface area (Å²) in [4.78, 5) is 24.3. The number of cyclic esters (lactones) is 2. The van der Waals surface area contributed by atoms with E-state index < -0.39 is 0 Å². The highest BCUT2D eigenvalue weighted by Gasteiger charge is 2.77. The van der Waals surface area contributed by atoms with E-state index in [1.54, 1.807) is 0 Å². The molecule has 0 spiro atoms. The van der Waals surface area contributed by atoms with Gasteiger partial charge in [0, 0.05) is 31.5 Å². The third-order valence-corrected chi connectivity index (χ3v) is 12.5. The third-order valence-electron chi connectivity index (χ3n) is 7.20. The van der Waals surface area contributed by atoms with Gasteiger partial charge in [0.05, 0.1) is 11.8 Å². The van der Waals surface area contributed by atoms with E-state index in [0.717, 1.165) is 32.8 Å². The van der Waals surface area contributed by atoms with Crippen LogP contribution in [0, 0.1) is 35.5 Å². The van der Waals surface area contributed by atoms with Gasteiger partial charge in [-0.1, -0.05) is 12.2 Å².